The lowest BCUT2D eigenvalue weighted by Gasteiger charge is -2.18. The molecule has 0 bridgehead atoms. The number of alkyl halides is 1. The summed E-state index contributed by atoms with van der Waals surface area (Å²) in [6.07, 6.45) is 7.78. The Morgan fingerprint density at radius 2 is 1.88 bits per heavy atom. The molecule has 2 unspecified atom stereocenters. The van der Waals surface area contributed by atoms with E-state index < -0.39 is 6.17 Å². The van der Waals surface area contributed by atoms with Crippen molar-refractivity contribution in [1.29, 1.82) is 0 Å². The number of hydrogen-bond donors (Lipinski definition) is 0. The number of aromatic nitrogens is 1. The van der Waals surface area contributed by atoms with Crippen LogP contribution >= 0.6 is 15.9 Å². The number of halogens is 2. The summed E-state index contributed by atoms with van der Waals surface area (Å²) in [6, 6.07) is 12.7. The fraction of sp³-hybridized carbons (Fsp3) is 0.500. The summed E-state index contributed by atoms with van der Waals surface area (Å²) in [5.41, 5.74) is 4.01. The van der Waals surface area contributed by atoms with Crippen molar-refractivity contribution in [2.75, 3.05) is 0 Å². The van der Waals surface area contributed by atoms with Crippen LogP contribution in [-0.4, -0.2) is 11.2 Å². The Labute approximate surface area is 159 Å². The van der Waals surface area contributed by atoms with E-state index in [1.807, 2.05) is 18.3 Å². The maximum atomic E-state index is 14.5. The molecule has 1 aliphatic carbocycles. The maximum absolute atomic E-state index is 14.5. The van der Waals surface area contributed by atoms with Gasteiger partial charge in [0.25, 0.3) is 0 Å². The van der Waals surface area contributed by atoms with Crippen molar-refractivity contribution in [3.63, 3.8) is 0 Å². The van der Waals surface area contributed by atoms with Gasteiger partial charge in [-0.05, 0) is 83.6 Å². The summed E-state index contributed by atoms with van der Waals surface area (Å²) in [5, 5.41) is 0. The Hall–Kier alpha value is -1.22. The molecule has 3 rings (SSSR count). The molecule has 0 saturated carbocycles. The molecule has 0 fully saturated rings. The van der Waals surface area contributed by atoms with Gasteiger partial charge in [-0.2, -0.15) is 0 Å². The smallest absolute Gasteiger partial charge is 0.101 e. The van der Waals surface area contributed by atoms with Gasteiger partial charge in [0.1, 0.15) is 6.17 Å². The van der Waals surface area contributed by atoms with Crippen molar-refractivity contribution in [3.8, 4) is 0 Å². The van der Waals surface area contributed by atoms with Crippen LogP contribution in [0.25, 0.3) is 0 Å². The van der Waals surface area contributed by atoms with Crippen LogP contribution in [0.15, 0.2) is 47.1 Å². The summed E-state index contributed by atoms with van der Waals surface area (Å²) in [7, 11) is 0. The van der Waals surface area contributed by atoms with Crippen LogP contribution < -0.4 is 0 Å². The Bertz CT molecular complexity index is 645. The van der Waals surface area contributed by atoms with E-state index in [0.717, 1.165) is 29.4 Å². The molecule has 1 aromatic heterocycles. The van der Waals surface area contributed by atoms with Crippen LogP contribution in [0.4, 0.5) is 4.39 Å². The summed E-state index contributed by atoms with van der Waals surface area (Å²) in [4.78, 5) is 4.46. The summed E-state index contributed by atoms with van der Waals surface area (Å²) >= 11 is 3.41. The fourth-order valence-corrected chi connectivity index (χ4v) is 4.27. The lowest BCUT2D eigenvalue weighted by Crippen LogP contribution is -2.10. The van der Waals surface area contributed by atoms with Gasteiger partial charge in [0.05, 0.1) is 0 Å². The molecule has 1 aliphatic rings. The van der Waals surface area contributed by atoms with Gasteiger partial charge in [-0.1, -0.05) is 37.6 Å². The van der Waals surface area contributed by atoms with Gasteiger partial charge in [0.15, 0.2) is 0 Å². The largest absolute Gasteiger partial charge is 0.260 e. The third-order valence-corrected chi connectivity index (χ3v) is 5.94. The van der Waals surface area contributed by atoms with Crippen LogP contribution in [0.5, 0.6) is 0 Å². The van der Waals surface area contributed by atoms with E-state index in [1.165, 1.54) is 24.0 Å². The SMILES string of the molecule is CCC(CC(F)CCCC1Cc2ccccc2C1)c1ccc(Br)cn1. The van der Waals surface area contributed by atoms with Gasteiger partial charge < -0.3 is 0 Å². The molecule has 134 valence electrons. The number of nitrogens with zero attached hydrogens (tertiary/aromatic N) is 1. The molecule has 0 saturated heterocycles. The monoisotopic (exact) mass is 403 g/mol. The maximum Gasteiger partial charge on any atom is 0.101 e. The van der Waals surface area contributed by atoms with E-state index in [2.05, 4.69) is 52.1 Å². The standard InChI is InChI=1S/C22H27BrFN/c1-2-17(22-11-10-20(23)15-25-22)14-21(24)9-5-6-16-12-18-7-3-4-8-19(18)13-16/h3-4,7-8,10-11,15-17,21H,2,5-6,9,12-14H2,1H3. The second-order valence-corrected chi connectivity index (χ2v) is 8.23. The lowest BCUT2D eigenvalue weighted by atomic mass is 9.92. The fourth-order valence-electron chi connectivity index (χ4n) is 4.03. The van der Waals surface area contributed by atoms with Gasteiger partial charge in [0.2, 0.25) is 0 Å². The van der Waals surface area contributed by atoms with Crippen molar-refractivity contribution in [1.82, 2.24) is 4.98 Å². The molecule has 2 atom stereocenters. The van der Waals surface area contributed by atoms with Crippen LogP contribution in [0.1, 0.15) is 61.8 Å². The van der Waals surface area contributed by atoms with E-state index in [1.54, 1.807) is 0 Å². The van der Waals surface area contributed by atoms with E-state index in [9.17, 15) is 4.39 Å². The first-order valence-electron chi connectivity index (χ1n) is 9.48. The Balaban J connectivity index is 1.42. The minimum atomic E-state index is -0.723. The van der Waals surface area contributed by atoms with Crippen molar-refractivity contribution in [3.05, 3.63) is 63.9 Å². The van der Waals surface area contributed by atoms with Crippen LogP contribution in [0.3, 0.4) is 0 Å². The highest BCUT2D eigenvalue weighted by molar-refractivity contribution is 9.10. The molecule has 0 radical (unpaired) electrons. The average molecular weight is 404 g/mol. The van der Waals surface area contributed by atoms with Gasteiger partial charge in [-0.25, -0.2) is 4.39 Å². The molecule has 2 aromatic rings. The second kappa shape index (κ2) is 8.93. The number of fused-ring (bicyclic) bond motifs is 1. The zero-order valence-electron chi connectivity index (χ0n) is 14.9. The number of hydrogen-bond acceptors (Lipinski definition) is 1. The molecular weight excluding hydrogens is 377 g/mol. The average Bonchev–Trinajstić information content (AvgIpc) is 3.03. The van der Waals surface area contributed by atoms with Crippen LogP contribution in [-0.2, 0) is 12.8 Å². The highest BCUT2D eigenvalue weighted by Gasteiger charge is 2.22. The zero-order chi connectivity index (χ0) is 17.6. The predicted octanol–water partition coefficient (Wildman–Crippen LogP) is 6.65. The van der Waals surface area contributed by atoms with Gasteiger partial charge in [-0.3, -0.25) is 4.98 Å². The topological polar surface area (TPSA) is 12.9 Å². The quantitative estimate of drug-likeness (QED) is 0.480. The number of pyridine rings is 1. The van der Waals surface area contributed by atoms with Crippen molar-refractivity contribution >= 4 is 15.9 Å². The third kappa shape index (κ3) is 5.13. The third-order valence-electron chi connectivity index (χ3n) is 5.47. The molecule has 0 aliphatic heterocycles. The Morgan fingerprint density at radius 3 is 2.48 bits per heavy atom. The Kier molecular flexibility index (Phi) is 6.63. The first-order chi connectivity index (χ1) is 12.2. The summed E-state index contributed by atoms with van der Waals surface area (Å²) in [5.74, 6) is 0.929. The van der Waals surface area contributed by atoms with Gasteiger partial charge in [0, 0.05) is 22.3 Å². The highest BCUT2D eigenvalue weighted by Crippen LogP contribution is 2.31. The van der Waals surface area contributed by atoms with E-state index >= 15 is 0 Å². The van der Waals surface area contributed by atoms with Gasteiger partial charge >= 0.3 is 0 Å². The minimum Gasteiger partial charge on any atom is -0.260 e. The molecule has 1 nitrogen and oxygen atoms in total. The molecule has 1 aromatic carbocycles. The normalized spacial score (nSPS) is 16.6. The first-order valence-corrected chi connectivity index (χ1v) is 10.3. The number of rotatable bonds is 8. The summed E-state index contributed by atoms with van der Waals surface area (Å²) < 4.78 is 15.5. The lowest BCUT2D eigenvalue weighted by molar-refractivity contribution is 0.262. The molecule has 1 heterocycles. The van der Waals surface area contributed by atoms with Crippen LogP contribution in [0.2, 0.25) is 0 Å². The molecule has 0 N–H and O–H groups in total. The summed E-state index contributed by atoms with van der Waals surface area (Å²) in [6.45, 7) is 2.12. The van der Waals surface area contributed by atoms with E-state index in [4.69, 9.17) is 0 Å². The molecule has 0 spiro atoms. The molecule has 0 amide bonds. The second-order valence-electron chi connectivity index (χ2n) is 7.31. The minimum absolute atomic E-state index is 0.221. The van der Waals surface area contributed by atoms with E-state index in [0.29, 0.717) is 18.8 Å². The molecular formula is C22H27BrFN. The van der Waals surface area contributed by atoms with E-state index in [-0.39, 0.29) is 5.92 Å². The predicted molar refractivity (Wildman–Crippen MR) is 106 cm³/mol. The molecule has 3 heteroatoms. The molecule has 25 heavy (non-hydrogen) atoms. The highest BCUT2D eigenvalue weighted by atomic mass is 79.9. The Morgan fingerprint density at radius 1 is 1.16 bits per heavy atom. The van der Waals surface area contributed by atoms with Crippen molar-refractivity contribution in [2.45, 2.75) is 64.0 Å². The van der Waals surface area contributed by atoms with Crippen LogP contribution in [0, 0.1) is 5.92 Å². The number of benzene rings is 1. The van der Waals surface area contributed by atoms with Crippen molar-refractivity contribution < 1.29 is 4.39 Å². The zero-order valence-corrected chi connectivity index (χ0v) is 16.5. The van der Waals surface area contributed by atoms with Crippen molar-refractivity contribution in [2.24, 2.45) is 5.92 Å². The first kappa shape index (κ1) is 18.6. The van der Waals surface area contributed by atoms with Gasteiger partial charge in [-0.15, -0.1) is 0 Å².